The topological polar surface area (TPSA) is 56.7 Å². The van der Waals surface area contributed by atoms with Gasteiger partial charge in [-0.2, -0.15) is 0 Å². The van der Waals surface area contributed by atoms with Gasteiger partial charge in [0.15, 0.2) is 17.6 Å². The Balaban J connectivity index is 0.00000364. The van der Waals surface area contributed by atoms with Crippen molar-refractivity contribution in [3.8, 4) is 0 Å². The molecule has 0 amide bonds. The highest BCUT2D eigenvalue weighted by Crippen LogP contribution is 2.17. The van der Waals surface area contributed by atoms with Gasteiger partial charge in [-0.05, 0) is 29.2 Å². The lowest BCUT2D eigenvalue weighted by atomic mass is 10.00. The lowest BCUT2D eigenvalue weighted by Gasteiger charge is -2.20. The third-order valence-electron chi connectivity index (χ3n) is 4.32. The summed E-state index contributed by atoms with van der Waals surface area (Å²) in [5, 5.41) is 16.0. The molecule has 0 saturated carbocycles. The zero-order valence-corrected chi connectivity index (χ0v) is 17.8. The van der Waals surface area contributed by atoms with E-state index in [9.17, 15) is 13.9 Å². The van der Waals surface area contributed by atoms with Gasteiger partial charge in [0, 0.05) is 26.1 Å². The molecule has 0 aliphatic heterocycles. The molecule has 2 aromatic carbocycles. The van der Waals surface area contributed by atoms with Gasteiger partial charge in [-0.25, -0.2) is 8.78 Å². The Morgan fingerprint density at radius 1 is 1.00 bits per heavy atom. The summed E-state index contributed by atoms with van der Waals surface area (Å²) in [4.78, 5) is 4.16. The molecule has 4 nitrogen and oxygen atoms in total. The Labute approximate surface area is 176 Å². The molecule has 148 valence electrons. The zero-order chi connectivity index (χ0) is 18.9. The maximum atomic E-state index is 13.4. The number of hydrogen-bond acceptors (Lipinski definition) is 2. The van der Waals surface area contributed by atoms with E-state index in [-0.39, 0.29) is 42.4 Å². The van der Waals surface area contributed by atoms with Crippen LogP contribution in [0, 0.1) is 11.6 Å². The Kier molecular flexibility index (Phi) is 10.2. The predicted octanol–water partition coefficient (Wildman–Crippen LogP) is 3.63. The molecule has 0 spiro atoms. The fourth-order valence-corrected chi connectivity index (χ4v) is 2.64. The highest BCUT2D eigenvalue weighted by Gasteiger charge is 2.13. The summed E-state index contributed by atoms with van der Waals surface area (Å²) in [5.74, 6) is -1.16. The number of hydrogen-bond donors (Lipinski definition) is 3. The largest absolute Gasteiger partial charge is 0.396 e. The number of guanidine groups is 1. The van der Waals surface area contributed by atoms with Crippen molar-refractivity contribution in [3.05, 3.63) is 71.3 Å². The van der Waals surface area contributed by atoms with Crippen LogP contribution in [-0.4, -0.2) is 37.8 Å². The first kappa shape index (κ1) is 23.3. The molecular weight excluding hydrogens is 463 g/mol. The van der Waals surface area contributed by atoms with Crippen LogP contribution in [0.5, 0.6) is 0 Å². The molecule has 2 unspecified atom stereocenters. The zero-order valence-electron chi connectivity index (χ0n) is 15.5. The quantitative estimate of drug-likeness (QED) is 0.317. The molecule has 0 fully saturated rings. The van der Waals surface area contributed by atoms with Crippen molar-refractivity contribution in [1.29, 1.82) is 0 Å². The summed E-state index contributed by atoms with van der Waals surface area (Å²) in [6.07, 6.45) is 0. The van der Waals surface area contributed by atoms with Gasteiger partial charge in [0.25, 0.3) is 0 Å². The van der Waals surface area contributed by atoms with Crippen molar-refractivity contribution in [3.63, 3.8) is 0 Å². The average molecular weight is 489 g/mol. The van der Waals surface area contributed by atoms with Crippen LogP contribution in [0.3, 0.4) is 0 Å². The Morgan fingerprint density at radius 3 is 2.26 bits per heavy atom. The number of nitrogens with zero attached hydrogens (tertiary/aromatic N) is 1. The summed E-state index contributed by atoms with van der Waals surface area (Å²) < 4.78 is 26.4. The number of halogens is 3. The van der Waals surface area contributed by atoms with Crippen molar-refractivity contribution < 1.29 is 13.9 Å². The van der Waals surface area contributed by atoms with E-state index in [1.165, 1.54) is 6.07 Å². The first-order valence-corrected chi connectivity index (χ1v) is 8.60. The normalized spacial score (nSPS) is 13.4. The predicted molar refractivity (Wildman–Crippen MR) is 116 cm³/mol. The number of rotatable bonds is 7. The van der Waals surface area contributed by atoms with E-state index in [2.05, 4.69) is 15.6 Å². The van der Waals surface area contributed by atoms with E-state index in [1.807, 2.05) is 37.3 Å². The van der Waals surface area contributed by atoms with Crippen LogP contribution >= 0.6 is 24.0 Å². The minimum Gasteiger partial charge on any atom is -0.396 e. The molecular formula is C20H26F2IN3O. The van der Waals surface area contributed by atoms with Gasteiger partial charge in [-0.15, -0.1) is 24.0 Å². The van der Waals surface area contributed by atoms with Gasteiger partial charge in [0.2, 0.25) is 0 Å². The smallest absolute Gasteiger partial charge is 0.191 e. The molecule has 0 aliphatic rings. The number of nitrogens with one attached hydrogen (secondary N) is 2. The fourth-order valence-electron chi connectivity index (χ4n) is 2.64. The molecule has 0 radical (unpaired) electrons. The van der Waals surface area contributed by atoms with Crippen molar-refractivity contribution >= 4 is 29.9 Å². The van der Waals surface area contributed by atoms with Crippen molar-refractivity contribution in [2.24, 2.45) is 4.99 Å². The maximum absolute atomic E-state index is 13.4. The summed E-state index contributed by atoms with van der Waals surface area (Å²) in [5.41, 5.74) is 1.76. The van der Waals surface area contributed by atoms with Gasteiger partial charge in [-0.3, -0.25) is 4.99 Å². The number of benzene rings is 2. The van der Waals surface area contributed by atoms with Crippen molar-refractivity contribution in [1.82, 2.24) is 10.6 Å². The standard InChI is InChI=1S/C20H25F2N3O.HI/c1-14(16-8-9-18(21)19(22)10-16)11-24-20(23-2)25-12-17(13-26)15-6-4-3-5-7-15;/h3-10,14,17,26H,11-13H2,1-2H3,(H2,23,24,25);1H. The highest BCUT2D eigenvalue weighted by molar-refractivity contribution is 14.0. The summed E-state index contributed by atoms with van der Waals surface area (Å²) >= 11 is 0. The SMILES string of the molecule is CN=C(NCC(C)c1ccc(F)c(F)c1)NCC(CO)c1ccccc1.I. The Bertz CT molecular complexity index is 728. The summed E-state index contributed by atoms with van der Waals surface area (Å²) in [6.45, 7) is 2.99. The van der Waals surface area contributed by atoms with Gasteiger partial charge in [-0.1, -0.05) is 43.3 Å². The highest BCUT2D eigenvalue weighted by atomic mass is 127. The number of aliphatic hydroxyl groups excluding tert-OH is 1. The number of aliphatic imine (C=N–C) groups is 1. The molecule has 0 heterocycles. The van der Waals surface area contributed by atoms with E-state index in [0.717, 1.165) is 11.6 Å². The molecule has 2 aromatic rings. The van der Waals surface area contributed by atoms with Gasteiger partial charge in [0.05, 0.1) is 6.61 Å². The second kappa shape index (κ2) is 11.9. The molecule has 0 aromatic heterocycles. The van der Waals surface area contributed by atoms with E-state index in [4.69, 9.17) is 0 Å². The van der Waals surface area contributed by atoms with Crippen LogP contribution < -0.4 is 10.6 Å². The molecule has 2 rings (SSSR count). The molecule has 0 saturated heterocycles. The fraction of sp³-hybridized carbons (Fsp3) is 0.350. The number of aliphatic hydroxyl groups is 1. The molecule has 0 bridgehead atoms. The average Bonchev–Trinajstić information content (AvgIpc) is 2.67. The molecule has 2 atom stereocenters. The minimum absolute atomic E-state index is 0. The van der Waals surface area contributed by atoms with Crippen LogP contribution in [0.4, 0.5) is 8.78 Å². The Hall–Kier alpha value is -1.74. The summed E-state index contributed by atoms with van der Waals surface area (Å²) in [6, 6.07) is 13.7. The van der Waals surface area contributed by atoms with Crippen molar-refractivity contribution in [2.45, 2.75) is 18.8 Å². The van der Waals surface area contributed by atoms with Crippen LogP contribution in [-0.2, 0) is 0 Å². The van der Waals surface area contributed by atoms with Gasteiger partial charge >= 0.3 is 0 Å². The van der Waals surface area contributed by atoms with E-state index in [0.29, 0.717) is 24.6 Å². The second-order valence-electron chi connectivity index (χ2n) is 6.20. The monoisotopic (exact) mass is 489 g/mol. The second-order valence-corrected chi connectivity index (χ2v) is 6.20. The molecule has 27 heavy (non-hydrogen) atoms. The van der Waals surface area contributed by atoms with Crippen LogP contribution in [0.1, 0.15) is 29.9 Å². The lowest BCUT2D eigenvalue weighted by molar-refractivity contribution is 0.265. The third kappa shape index (κ3) is 7.06. The molecule has 7 heteroatoms. The van der Waals surface area contributed by atoms with Gasteiger partial charge in [0.1, 0.15) is 0 Å². The third-order valence-corrected chi connectivity index (χ3v) is 4.32. The lowest BCUT2D eigenvalue weighted by Crippen LogP contribution is -2.41. The van der Waals surface area contributed by atoms with Crippen LogP contribution in [0.15, 0.2) is 53.5 Å². The first-order chi connectivity index (χ1) is 12.5. The maximum Gasteiger partial charge on any atom is 0.191 e. The Morgan fingerprint density at radius 2 is 1.67 bits per heavy atom. The van der Waals surface area contributed by atoms with E-state index >= 15 is 0 Å². The molecule has 0 aliphatic carbocycles. The van der Waals surface area contributed by atoms with Crippen LogP contribution in [0.2, 0.25) is 0 Å². The van der Waals surface area contributed by atoms with Crippen LogP contribution in [0.25, 0.3) is 0 Å². The van der Waals surface area contributed by atoms with E-state index < -0.39 is 11.6 Å². The van der Waals surface area contributed by atoms with E-state index in [1.54, 1.807) is 13.1 Å². The van der Waals surface area contributed by atoms with Gasteiger partial charge < -0.3 is 15.7 Å². The van der Waals surface area contributed by atoms with Crippen molar-refractivity contribution in [2.75, 3.05) is 26.7 Å². The molecule has 3 N–H and O–H groups in total. The first-order valence-electron chi connectivity index (χ1n) is 8.60. The summed E-state index contributed by atoms with van der Waals surface area (Å²) in [7, 11) is 1.66. The minimum atomic E-state index is -0.845.